The van der Waals surface area contributed by atoms with Crippen LogP contribution in [-0.4, -0.2) is 25.9 Å². The van der Waals surface area contributed by atoms with Crippen LogP contribution < -0.4 is 10.1 Å². The van der Waals surface area contributed by atoms with Gasteiger partial charge in [-0.15, -0.1) is 0 Å². The average molecular weight is 207 g/mol. The van der Waals surface area contributed by atoms with E-state index in [0.29, 0.717) is 6.04 Å². The Morgan fingerprint density at radius 2 is 2.33 bits per heavy atom. The van der Waals surface area contributed by atoms with Crippen molar-refractivity contribution in [3.63, 3.8) is 0 Å². The van der Waals surface area contributed by atoms with Gasteiger partial charge in [-0.1, -0.05) is 6.07 Å². The molecule has 0 bridgehead atoms. The zero-order valence-electron chi connectivity index (χ0n) is 9.19. The smallest absolute Gasteiger partial charge is 0.120 e. The molecule has 0 spiro atoms. The fourth-order valence-corrected chi connectivity index (χ4v) is 1.85. The van der Waals surface area contributed by atoms with Gasteiger partial charge in [-0.25, -0.2) is 0 Å². The topological polar surface area (TPSA) is 30.5 Å². The lowest BCUT2D eigenvalue weighted by molar-refractivity contribution is 0.121. The number of nitrogens with one attached hydrogen (secondary N) is 1. The van der Waals surface area contributed by atoms with Gasteiger partial charge in [-0.2, -0.15) is 0 Å². The van der Waals surface area contributed by atoms with Crippen LogP contribution in [0.3, 0.4) is 0 Å². The van der Waals surface area contributed by atoms with E-state index in [-0.39, 0.29) is 6.10 Å². The van der Waals surface area contributed by atoms with Gasteiger partial charge in [0.25, 0.3) is 0 Å². The first-order chi connectivity index (χ1) is 7.29. The van der Waals surface area contributed by atoms with E-state index in [0.717, 1.165) is 24.5 Å². The number of benzene rings is 1. The third-order valence-electron chi connectivity index (χ3n) is 2.80. The molecule has 2 rings (SSSR count). The van der Waals surface area contributed by atoms with Crippen molar-refractivity contribution in [2.75, 3.05) is 19.0 Å². The molecular formula is C12H17NO2. The van der Waals surface area contributed by atoms with Crippen molar-refractivity contribution in [2.45, 2.75) is 25.5 Å². The summed E-state index contributed by atoms with van der Waals surface area (Å²) >= 11 is 0. The van der Waals surface area contributed by atoms with E-state index in [4.69, 9.17) is 9.47 Å². The first-order valence-corrected chi connectivity index (χ1v) is 5.32. The second-order valence-corrected chi connectivity index (χ2v) is 3.85. The Morgan fingerprint density at radius 1 is 1.47 bits per heavy atom. The van der Waals surface area contributed by atoms with Crippen LogP contribution in [0.5, 0.6) is 5.75 Å². The van der Waals surface area contributed by atoms with E-state index in [2.05, 4.69) is 12.2 Å². The standard InChI is InChI=1S/C12H17NO2/c1-9-12(6-7-15-9)13-10-4-3-5-11(8-10)14-2/h3-5,8-9,12-13H,6-7H2,1-2H3/t9-,12-/m1/s1. The molecular weight excluding hydrogens is 190 g/mol. The molecule has 1 heterocycles. The molecule has 0 amide bonds. The van der Waals surface area contributed by atoms with E-state index >= 15 is 0 Å². The minimum atomic E-state index is 0.288. The molecule has 0 aliphatic carbocycles. The summed E-state index contributed by atoms with van der Waals surface area (Å²) in [5, 5.41) is 3.46. The van der Waals surface area contributed by atoms with Crippen LogP contribution in [0.1, 0.15) is 13.3 Å². The van der Waals surface area contributed by atoms with Gasteiger partial charge in [0.1, 0.15) is 5.75 Å². The second kappa shape index (κ2) is 4.53. The monoisotopic (exact) mass is 207 g/mol. The molecule has 1 fully saturated rings. The molecule has 1 N–H and O–H groups in total. The lowest BCUT2D eigenvalue weighted by atomic mass is 10.1. The highest BCUT2D eigenvalue weighted by atomic mass is 16.5. The van der Waals surface area contributed by atoms with Crippen molar-refractivity contribution in [3.8, 4) is 5.75 Å². The Bertz CT molecular complexity index is 327. The summed E-state index contributed by atoms with van der Waals surface area (Å²) in [5.41, 5.74) is 1.09. The van der Waals surface area contributed by atoms with Gasteiger partial charge in [-0.3, -0.25) is 0 Å². The van der Waals surface area contributed by atoms with Crippen LogP contribution in [-0.2, 0) is 4.74 Å². The summed E-state index contributed by atoms with van der Waals surface area (Å²) in [6, 6.07) is 8.40. The summed E-state index contributed by atoms with van der Waals surface area (Å²) in [6.07, 6.45) is 1.36. The maximum absolute atomic E-state index is 5.50. The second-order valence-electron chi connectivity index (χ2n) is 3.85. The molecule has 0 saturated carbocycles. The lowest BCUT2D eigenvalue weighted by Crippen LogP contribution is -2.26. The third-order valence-corrected chi connectivity index (χ3v) is 2.80. The van der Waals surface area contributed by atoms with Crippen molar-refractivity contribution in [1.82, 2.24) is 0 Å². The molecule has 0 aromatic heterocycles. The molecule has 1 aromatic rings. The zero-order chi connectivity index (χ0) is 10.7. The molecule has 1 aliphatic heterocycles. The van der Waals surface area contributed by atoms with Crippen LogP contribution in [0, 0.1) is 0 Å². The van der Waals surface area contributed by atoms with Crippen molar-refractivity contribution in [2.24, 2.45) is 0 Å². The van der Waals surface area contributed by atoms with Crippen LogP contribution in [0.25, 0.3) is 0 Å². The predicted octanol–water partition coefficient (Wildman–Crippen LogP) is 2.28. The minimum Gasteiger partial charge on any atom is -0.497 e. The Morgan fingerprint density at radius 3 is 3.00 bits per heavy atom. The summed E-state index contributed by atoms with van der Waals surface area (Å²) < 4.78 is 10.7. The van der Waals surface area contributed by atoms with E-state index in [1.807, 2.05) is 24.3 Å². The molecule has 1 aliphatic rings. The zero-order valence-corrected chi connectivity index (χ0v) is 9.19. The van der Waals surface area contributed by atoms with Crippen LogP contribution in [0.15, 0.2) is 24.3 Å². The predicted molar refractivity (Wildman–Crippen MR) is 60.4 cm³/mol. The van der Waals surface area contributed by atoms with Crippen molar-refractivity contribution in [1.29, 1.82) is 0 Å². The summed E-state index contributed by atoms with van der Waals surface area (Å²) in [5.74, 6) is 0.881. The van der Waals surface area contributed by atoms with E-state index in [9.17, 15) is 0 Å². The van der Waals surface area contributed by atoms with Crippen LogP contribution in [0.4, 0.5) is 5.69 Å². The van der Waals surface area contributed by atoms with Crippen LogP contribution >= 0.6 is 0 Å². The Balaban J connectivity index is 2.03. The number of hydrogen-bond donors (Lipinski definition) is 1. The maximum atomic E-state index is 5.50. The highest BCUT2D eigenvalue weighted by Gasteiger charge is 2.23. The van der Waals surface area contributed by atoms with E-state index in [1.54, 1.807) is 7.11 Å². The number of methoxy groups -OCH3 is 1. The van der Waals surface area contributed by atoms with Crippen molar-refractivity contribution >= 4 is 5.69 Å². The molecule has 2 atom stereocenters. The van der Waals surface area contributed by atoms with Gasteiger partial charge < -0.3 is 14.8 Å². The highest BCUT2D eigenvalue weighted by molar-refractivity contribution is 5.49. The first kappa shape index (κ1) is 10.3. The lowest BCUT2D eigenvalue weighted by Gasteiger charge is -2.17. The Labute approximate surface area is 90.4 Å². The van der Waals surface area contributed by atoms with Gasteiger partial charge >= 0.3 is 0 Å². The van der Waals surface area contributed by atoms with E-state index < -0.39 is 0 Å². The molecule has 1 aromatic carbocycles. The number of anilines is 1. The normalized spacial score (nSPS) is 25.2. The third kappa shape index (κ3) is 2.42. The molecule has 0 radical (unpaired) electrons. The summed E-state index contributed by atoms with van der Waals surface area (Å²) in [7, 11) is 1.68. The van der Waals surface area contributed by atoms with Gasteiger partial charge in [0.2, 0.25) is 0 Å². The molecule has 1 saturated heterocycles. The fraction of sp³-hybridized carbons (Fsp3) is 0.500. The molecule has 82 valence electrons. The number of hydrogen-bond acceptors (Lipinski definition) is 3. The SMILES string of the molecule is COc1cccc(N[C@@H]2CCO[C@@H]2C)c1. The molecule has 3 heteroatoms. The number of rotatable bonds is 3. The first-order valence-electron chi connectivity index (χ1n) is 5.32. The van der Waals surface area contributed by atoms with Gasteiger partial charge in [-0.05, 0) is 25.5 Å². The maximum Gasteiger partial charge on any atom is 0.120 e. The summed E-state index contributed by atoms with van der Waals surface area (Å²) in [6.45, 7) is 2.95. The van der Waals surface area contributed by atoms with Crippen LogP contribution in [0.2, 0.25) is 0 Å². The summed E-state index contributed by atoms with van der Waals surface area (Å²) in [4.78, 5) is 0. The Hall–Kier alpha value is -1.22. The average Bonchev–Trinajstić information content (AvgIpc) is 2.65. The Kier molecular flexibility index (Phi) is 3.11. The highest BCUT2D eigenvalue weighted by Crippen LogP contribution is 2.21. The molecule has 15 heavy (non-hydrogen) atoms. The minimum absolute atomic E-state index is 0.288. The van der Waals surface area contributed by atoms with E-state index in [1.165, 1.54) is 0 Å². The van der Waals surface area contributed by atoms with Gasteiger partial charge in [0.05, 0.1) is 19.3 Å². The van der Waals surface area contributed by atoms with Crippen molar-refractivity contribution in [3.05, 3.63) is 24.3 Å². The van der Waals surface area contributed by atoms with Crippen molar-refractivity contribution < 1.29 is 9.47 Å². The van der Waals surface area contributed by atoms with Gasteiger partial charge in [0, 0.05) is 18.4 Å². The molecule has 0 unspecified atom stereocenters. The quantitative estimate of drug-likeness (QED) is 0.824. The van der Waals surface area contributed by atoms with Gasteiger partial charge in [0.15, 0.2) is 0 Å². The fourth-order valence-electron chi connectivity index (χ4n) is 1.85. The number of ether oxygens (including phenoxy) is 2. The largest absolute Gasteiger partial charge is 0.497 e. The molecule has 3 nitrogen and oxygen atoms in total.